The van der Waals surface area contributed by atoms with E-state index in [1.54, 1.807) is 6.20 Å². The number of hydrogen-bond donors (Lipinski definition) is 1. The number of pyridine rings is 1. The second kappa shape index (κ2) is 8.03. The zero-order valence-corrected chi connectivity index (χ0v) is 15.7. The molecule has 3 rings (SSSR count). The maximum absolute atomic E-state index is 13.7. The maximum Gasteiger partial charge on any atom is 0.151 e. The van der Waals surface area contributed by atoms with E-state index in [9.17, 15) is 8.78 Å². The Morgan fingerprint density at radius 2 is 2.08 bits per heavy atom. The van der Waals surface area contributed by atoms with Gasteiger partial charge in [0.05, 0.1) is 5.52 Å². The Labute approximate surface area is 155 Å². The fraction of sp³-hybridized carbons (Fsp3) is 0.368. The number of nitrogens with zero attached hydrogens (tertiary/aromatic N) is 3. The predicted octanol–water partition coefficient (Wildman–Crippen LogP) is 4.74. The molecule has 0 bridgehead atoms. The Bertz CT molecular complexity index is 924. The summed E-state index contributed by atoms with van der Waals surface area (Å²) in [6.45, 7) is 4.89. The lowest BCUT2D eigenvalue weighted by Gasteiger charge is -2.10. The highest BCUT2D eigenvalue weighted by Gasteiger charge is 2.15. The molecule has 7 heteroatoms. The molecule has 0 spiro atoms. The topological polar surface area (TPSA) is 56.7 Å². The molecule has 3 aromatic rings. The molecular weight excluding hydrogens is 354 g/mol. The smallest absolute Gasteiger partial charge is 0.151 e. The normalized spacial score (nSPS) is 11.4. The van der Waals surface area contributed by atoms with Crippen molar-refractivity contribution in [3.05, 3.63) is 47.4 Å². The minimum Gasteiger partial charge on any atom is -0.382 e. The SMILES string of the molecule is CCCc1nc2c(N)ncc(C)c2n1CCCSc1ccc(F)cc1F. The Balaban J connectivity index is 1.75. The quantitative estimate of drug-likeness (QED) is 0.478. The first-order valence-corrected chi connectivity index (χ1v) is 9.67. The molecule has 1 aromatic carbocycles. The van der Waals surface area contributed by atoms with Crippen LogP contribution in [-0.4, -0.2) is 20.3 Å². The van der Waals surface area contributed by atoms with E-state index in [1.165, 1.54) is 23.9 Å². The highest BCUT2D eigenvalue weighted by atomic mass is 32.2. The first kappa shape index (κ1) is 18.6. The molecule has 0 amide bonds. The van der Waals surface area contributed by atoms with Gasteiger partial charge in [0.25, 0.3) is 0 Å². The summed E-state index contributed by atoms with van der Waals surface area (Å²) in [4.78, 5) is 9.36. The van der Waals surface area contributed by atoms with Crippen LogP contribution in [0.4, 0.5) is 14.6 Å². The largest absolute Gasteiger partial charge is 0.382 e. The molecule has 0 aliphatic heterocycles. The van der Waals surface area contributed by atoms with Crippen LogP contribution in [0.5, 0.6) is 0 Å². The van der Waals surface area contributed by atoms with Crippen LogP contribution >= 0.6 is 11.8 Å². The van der Waals surface area contributed by atoms with Crippen molar-refractivity contribution in [1.82, 2.24) is 14.5 Å². The Morgan fingerprint density at radius 3 is 2.81 bits per heavy atom. The molecule has 4 nitrogen and oxygen atoms in total. The van der Waals surface area contributed by atoms with Gasteiger partial charge < -0.3 is 10.3 Å². The minimum atomic E-state index is -0.553. The number of benzene rings is 1. The van der Waals surface area contributed by atoms with E-state index >= 15 is 0 Å². The van der Waals surface area contributed by atoms with E-state index in [-0.39, 0.29) is 0 Å². The number of fused-ring (bicyclic) bond motifs is 1. The fourth-order valence-electron chi connectivity index (χ4n) is 3.02. The highest BCUT2D eigenvalue weighted by Crippen LogP contribution is 2.26. The molecular formula is C19H22F2N4S. The molecule has 26 heavy (non-hydrogen) atoms. The van der Waals surface area contributed by atoms with E-state index in [0.29, 0.717) is 10.7 Å². The van der Waals surface area contributed by atoms with Crippen LogP contribution < -0.4 is 5.73 Å². The molecule has 0 atom stereocenters. The molecule has 0 aliphatic rings. The summed E-state index contributed by atoms with van der Waals surface area (Å²) in [5.74, 6) is 1.12. The molecule has 2 aromatic heterocycles. The number of aromatic nitrogens is 3. The number of rotatable bonds is 7. The van der Waals surface area contributed by atoms with Gasteiger partial charge in [-0.15, -0.1) is 11.8 Å². The number of imidazole rings is 1. The zero-order chi connectivity index (χ0) is 18.7. The standard InChI is InChI=1S/C19H22F2N4S/c1-3-5-16-24-17-18(12(2)11-23-19(17)22)25(16)8-4-9-26-15-7-6-13(20)10-14(15)21/h6-7,10-11H,3-5,8-9H2,1-2H3,(H2,22,23). The van der Waals surface area contributed by atoms with Gasteiger partial charge in [0, 0.05) is 30.1 Å². The maximum atomic E-state index is 13.7. The summed E-state index contributed by atoms with van der Waals surface area (Å²) in [5, 5.41) is 0. The lowest BCUT2D eigenvalue weighted by molar-refractivity contribution is 0.565. The average Bonchev–Trinajstić information content (AvgIpc) is 2.97. The van der Waals surface area contributed by atoms with Crippen molar-refractivity contribution in [1.29, 1.82) is 0 Å². The molecule has 0 saturated heterocycles. The third kappa shape index (κ3) is 3.82. The third-order valence-electron chi connectivity index (χ3n) is 4.21. The molecule has 2 N–H and O–H groups in total. The number of thioether (sulfide) groups is 1. The van der Waals surface area contributed by atoms with E-state index in [1.807, 2.05) is 6.92 Å². The summed E-state index contributed by atoms with van der Waals surface area (Å²) in [6, 6.07) is 3.69. The van der Waals surface area contributed by atoms with Gasteiger partial charge in [0.2, 0.25) is 0 Å². The van der Waals surface area contributed by atoms with Gasteiger partial charge in [-0.1, -0.05) is 6.92 Å². The Morgan fingerprint density at radius 1 is 1.27 bits per heavy atom. The van der Waals surface area contributed by atoms with Crippen LogP contribution in [0.2, 0.25) is 0 Å². The lowest BCUT2D eigenvalue weighted by Crippen LogP contribution is -2.06. The predicted molar refractivity (Wildman–Crippen MR) is 102 cm³/mol. The summed E-state index contributed by atoms with van der Waals surface area (Å²) in [6.07, 6.45) is 4.47. The number of nitrogens with two attached hydrogens (primary N) is 1. The molecule has 0 unspecified atom stereocenters. The van der Waals surface area contributed by atoms with E-state index < -0.39 is 11.6 Å². The molecule has 0 saturated carbocycles. The van der Waals surface area contributed by atoms with Crippen LogP contribution in [0.3, 0.4) is 0 Å². The van der Waals surface area contributed by atoms with E-state index in [2.05, 4.69) is 16.5 Å². The molecule has 0 aliphatic carbocycles. The number of anilines is 1. The first-order valence-electron chi connectivity index (χ1n) is 8.69. The van der Waals surface area contributed by atoms with Crippen LogP contribution in [-0.2, 0) is 13.0 Å². The number of halogens is 2. The monoisotopic (exact) mass is 376 g/mol. The minimum absolute atomic E-state index is 0.449. The lowest BCUT2D eigenvalue weighted by atomic mass is 10.2. The molecule has 138 valence electrons. The van der Waals surface area contributed by atoms with Crippen molar-refractivity contribution in [2.45, 2.75) is 44.6 Å². The number of aryl methyl sites for hydroxylation is 3. The molecule has 0 fully saturated rings. The first-order chi connectivity index (χ1) is 12.5. The van der Waals surface area contributed by atoms with Gasteiger partial charge in [-0.25, -0.2) is 18.7 Å². The van der Waals surface area contributed by atoms with Gasteiger partial charge in [-0.05, 0) is 43.2 Å². The summed E-state index contributed by atoms with van der Waals surface area (Å²) < 4.78 is 28.9. The second-order valence-electron chi connectivity index (χ2n) is 6.23. The zero-order valence-electron chi connectivity index (χ0n) is 14.9. The number of nitrogen functional groups attached to an aromatic ring is 1. The Kier molecular flexibility index (Phi) is 5.76. The van der Waals surface area contributed by atoms with Crippen molar-refractivity contribution in [3.8, 4) is 0 Å². The van der Waals surface area contributed by atoms with Gasteiger partial charge in [0.1, 0.15) is 23.0 Å². The van der Waals surface area contributed by atoms with Crippen molar-refractivity contribution >= 4 is 28.6 Å². The molecule has 2 heterocycles. The fourth-order valence-corrected chi connectivity index (χ4v) is 3.87. The van der Waals surface area contributed by atoms with Gasteiger partial charge in [-0.3, -0.25) is 0 Å². The third-order valence-corrected chi connectivity index (χ3v) is 5.35. The van der Waals surface area contributed by atoms with Crippen LogP contribution in [0.1, 0.15) is 31.2 Å². The van der Waals surface area contributed by atoms with Crippen LogP contribution in [0.15, 0.2) is 29.3 Å². The second-order valence-corrected chi connectivity index (χ2v) is 7.37. The van der Waals surface area contributed by atoms with Crippen molar-refractivity contribution in [3.63, 3.8) is 0 Å². The van der Waals surface area contributed by atoms with E-state index in [0.717, 1.165) is 60.0 Å². The highest BCUT2D eigenvalue weighted by molar-refractivity contribution is 7.99. The van der Waals surface area contributed by atoms with Gasteiger partial charge in [-0.2, -0.15) is 0 Å². The summed E-state index contributed by atoms with van der Waals surface area (Å²) in [7, 11) is 0. The number of hydrogen-bond acceptors (Lipinski definition) is 4. The summed E-state index contributed by atoms with van der Waals surface area (Å²) >= 11 is 1.40. The van der Waals surface area contributed by atoms with Crippen LogP contribution in [0, 0.1) is 18.6 Å². The van der Waals surface area contributed by atoms with Crippen molar-refractivity contribution < 1.29 is 8.78 Å². The van der Waals surface area contributed by atoms with Crippen molar-refractivity contribution in [2.24, 2.45) is 0 Å². The van der Waals surface area contributed by atoms with Gasteiger partial charge >= 0.3 is 0 Å². The van der Waals surface area contributed by atoms with Crippen LogP contribution in [0.25, 0.3) is 11.0 Å². The summed E-state index contributed by atoms with van der Waals surface area (Å²) in [5.41, 5.74) is 8.82. The van der Waals surface area contributed by atoms with E-state index in [4.69, 9.17) is 10.7 Å². The van der Waals surface area contributed by atoms with Gasteiger partial charge in [0.15, 0.2) is 5.82 Å². The average molecular weight is 376 g/mol. The van der Waals surface area contributed by atoms with Crippen molar-refractivity contribution in [2.75, 3.05) is 11.5 Å². The Hall–Kier alpha value is -2.15. The molecule has 0 radical (unpaired) electrons.